The number of carbonyl (C=O) groups excluding carboxylic acids is 1. The summed E-state index contributed by atoms with van der Waals surface area (Å²) in [5.41, 5.74) is -0.215. The lowest BCUT2D eigenvalue weighted by Gasteiger charge is -2.17. The summed E-state index contributed by atoms with van der Waals surface area (Å²) in [5, 5.41) is 19.6. The molecule has 0 bridgehead atoms. The fourth-order valence-electron chi connectivity index (χ4n) is 1.56. The van der Waals surface area contributed by atoms with Crippen LogP contribution in [-0.2, 0) is 0 Å². The van der Waals surface area contributed by atoms with Gasteiger partial charge in [0.1, 0.15) is 12.1 Å². The lowest BCUT2D eigenvalue weighted by Crippen LogP contribution is -2.31. The molecule has 0 radical (unpaired) electrons. The van der Waals surface area contributed by atoms with E-state index in [4.69, 9.17) is 5.26 Å². The van der Waals surface area contributed by atoms with E-state index in [1.54, 1.807) is 13.0 Å². The molecular formula is C12H13N3O3S. The summed E-state index contributed by atoms with van der Waals surface area (Å²) in [6.45, 7) is 1.96. The Labute approximate surface area is 115 Å². The van der Waals surface area contributed by atoms with Crippen LogP contribution in [0.2, 0.25) is 0 Å². The number of rotatable bonds is 5. The van der Waals surface area contributed by atoms with Crippen molar-refractivity contribution in [3.05, 3.63) is 33.9 Å². The summed E-state index contributed by atoms with van der Waals surface area (Å²) in [6.07, 6.45) is 1.82. The highest BCUT2D eigenvalue weighted by Gasteiger charge is 2.24. The van der Waals surface area contributed by atoms with E-state index in [2.05, 4.69) is 0 Å². The Bertz CT molecular complexity index is 540. The first kappa shape index (κ1) is 15.0. The highest BCUT2D eigenvalue weighted by Crippen LogP contribution is 2.25. The maximum atomic E-state index is 12.2. The number of nitro groups is 1. The molecule has 0 fully saturated rings. The molecule has 0 heterocycles. The second-order valence-electron chi connectivity index (χ2n) is 3.62. The van der Waals surface area contributed by atoms with Crippen LogP contribution in [0.4, 0.5) is 5.69 Å². The zero-order chi connectivity index (χ0) is 14.4. The zero-order valence-electron chi connectivity index (χ0n) is 10.6. The second kappa shape index (κ2) is 6.75. The third-order valence-corrected chi connectivity index (χ3v) is 3.29. The topological polar surface area (TPSA) is 87.2 Å². The molecule has 0 aliphatic heterocycles. The van der Waals surface area contributed by atoms with Crippen molar-refractivity contribution >= 4 is 23.4 Å². The molecule has 0 unspecified atom stereocenters. The first-order chi connectivity index (χ1) is 9.04. The molecule has 100 valence electrons. The minimum absolute atomic E-state index is 0.0222. The normalized spacial score (nSPS) is 9.74. The SMILES string of the molecule is CCN(CC#N)C(=O)c1cc(SC)ccc1[N+](=O)[O-]. The molecule has 0 saturated carbocycles. The van der Waals surface area contributed by atoms with Crippen LogP contribution in [0.25, 0.3) is 0 Å². The fraction of sp³-hybridized carbons (Fsp3) is 0.333. The Kier molecular flexibility index (Phi) is 5.33. The van der Waals surface area contributed by atoms with E-state index >= 15 is 0 Å². The van der Waals surface area contributed by atoms with Crippen molar-refractivity contribution in [2.45, 2.75) is 11.8 Å². The average molecular weight is 279 g/mol. The molecule has 7 heteroatoms. The zero-order valence-corrected chi connectivity index (χ0v) is 11.4. The van der Waals surface area contributed by atoms with Crippen molar-refractivity contribution in [1.82, 2.24) is 4.90 Å². The van der Waals surface area contributed by atoms with Crippen molar-refractivity contribution < 1.29 is 9.72 Å². The number of thioether (sulfide) groups is 1. The van der Waals surface area contributed by atoms with Gasteiger partial charge in [-0.3, -0.25) is 14.9 Å². The summed E-state index contributed by atoms with van der Waals surface area (Å²) in [4.78, 5) is 24.6. The number of benzene rings is 1. The van der Waals surface area contributed by atoms with Gasteiger partial charge in [0.05, 0.1) is 11.0 Å². The van der Waals surface area contributed by atoms with Gasteiger partial charge in [-0.05, 0) is 25.3 Å². The van der Waals surface area contributed by atoms with Crippen molar-refractivity contribution in [3.63, 3.8) is 0 Å². The smallest absolute Gasteiger partial charge is 0.282 e. The molecule has 0 saturated heterocycles. The molecule has 1 aromatic rings. The maximum Gasteiger partial charge on any atom is 0.282 e. The van der Waals surface area contributed by atoms with Gasteiger partial charge in [-0.15, -0.1) is 11.8 Å². The Morgan fingerprint density at radius 1 is 1.58 bits per heavy atom. The number of carbonyl (C=O) groups is 1. The monoisotopic (exact) mass is 279 g/mol. The van der Waals surface area contributed by atoms with Crippen LogP contribution < -0.4 is 0 Å². The molecule has 19 heavy (non-hydrogen) atoms. The van der Waals surface area contributed by atoms with Gasteiger partial charge in [-0.1, -0.05) is 0 Å². The molecule has 0 aliphatic rings. The molecule has 0 N–H and O–H groups in total. The highest BCUT2D eigenvalue weighted by atomic mass is 32.2. The van der Waals surface area contributed by atoms with Crippen LogP contribution >= 0.6 is 11.8 Å². The van der Waals surface area contributed by atoms with Crippen LogP contribution in [0.5, 0.6) is 0 Å². The van der Waals surface area contributed by atoms with Gasteiger partial charge in [0.15, 0.2) is 0 Å². The summed E-state index contributed by atoms with van der Waals surface area (Å²) in [6, 6.07) is 6.28. The number of hydrogen-bond donors (Lipinski definition) is 0. The van der Waals surface area contributed by atoms with Crippen molar-refractivity contribution in [3.8, 4) is 6.07 Å². The lowest BCUT2D eigenvalue weighted by atomic mass is 10.1. The predicted molar refractivity (Wildman–Crippen MR) is 72.1 cm³/mol. The van der Waals surface area contributed by atoms with Crippen LogP contribution in [-0.4, -0.2) is 35.1 Å². The van der Waals surface area contributed by atoms with Gasteiger partial charge in [0.25, 0.3) is 11.6 Å². The first-order valence-electron chi connectivity index (χ1n) is 5.53. The third-order valence-electron chi connectivity index (χ3n) is 2.56. The molecule has 0 atom stereocenters. The quantitative estimate of drug-likeness (QED) is 0.357. The minimum Gasteiger partial charge on any atom is -0.325 e. The average Bonchev–Trinajstić information content (AvgIpc) is 2.43. The van der Waals surface area contributed by atoms with Crippen LogP contribution in [0.1, 0.15) is 17.3 Å². The Morgan fingerprint density at radius 3 is 2.74 bits per heavy atom. The molecule has 0 aliphatic carbocycles. The van der Waals surface area contributed by atoms with Gasteiger partial charge >= 0.3 is 0 Å². The van der Waals surface area contributed by atoms with E-state index in [-0.39, 0.29) is 17.8 Å². The number of hydrogen-bond acceptors (Lipinski definition) is 5. The molecule has 1 rings (SSSR count). The number of nitriles is 1. The third kappa shape index (κ3) is 3.45. The van der Waals surface area contributed by atoms with E-state index < -0.39 is 10.8 Å². The standard InChI is InChI=1S/C12H13N3O3S/c1-3-14(7-6-13)12(16)10-8-9(19-2)4-5-11(10)15(17)18/h4-5,8H,3,7H2,1-2H3. The van der Waals surface area contributed by atoms with Crippen molar-refractivity contribution in [2.24, 2.45) is 0 Å². The molecule has 6 nitrogen and oxygen atoms in total. The van der Waals surface area contributed by atoms with Gasteiger partial charge in [-0.25, -0.2) is 0 Å². The molecule has 1 amide bonds. The van der Waals surface area contributed by atoms with E-state index in [0.29, 0.717) is 6.54 Å². The summed E-state index contributed by atoms with van der Waals surface area (Å²) >= 11 is 1.40. The second-order valence-corrected chi connectivity index (χ2v) is 4.50. The Hall–Kier alpha value is -2.07. The molecule has 0 spiro atoms. The Balaban J connectivity index is 3.26. The number of nitro benzene ring substituents is 1. The van der Waals surface area contributed by atoms with Gasteiger partial charge in [-0.2, -0.15) is 5.26 Å². The summed E-state index contributed by atoms with van der Waals surface area (Å²) in [7, 11) is 0. The van der Waals surface area contributed by atoms with Crippen LogP contribution in [0.3, 0.4) is 0 Å². The van der Waals surface area contributed by atoms with Crippen molar-refractivity contribution in [1.29, 1.82) is 5.26 Å². The minimum atomic E-state index is -0.586. The fourth-order valence-corrected chi connectivity index (χ4v) is 2.00. The highest BCUT2D eigenvalue weighted by molar-refractivity contribution is 7.98. The van der Waals surface area contributed by atoms with E-state index in [9.17, 15) is 14.9 Å². The molecule has 0 aromatic heterocycles. The van der Waals surface area contributed by atoms with Crippen LogP contribution in [0.15, 0.2) is 23.1 Å². The van der Waals surface area contributed by atoms with E-state index in [1.165, 1.54) is 28.8 Å². The van der Waals surface area contributed by atoms with E-state index in [1.807, 2.05) is 12.3 Å². The summed E-state index contributed by atoms with van der Waals surface area (Å²) < 4.78 is 0. The van der Waals surface area contributed by atoms with Gasteiger partial charge in [0, 0.05) is 17.5 Å². The lowest BCUT2D eigenvalue weighted by molar-refractivity contribution is -0.385. The van der Waals surface area contributed by atoms with Crippen LogP contribution in [0, 0.1) is 21.4 Å². The predicted octanol–water partition coefficient (Wildman–Crippen LogP) is 2.30. The van der Waals surface area contributed by atoms with Crippen molar-refractivity contribution in [2.75, 3.05) is 19.3 Å². The van der Waals surface area contributed by atoms with Gasteiger partial charge in [0.2, 0.25) is 0 Å². The largest absolute Gasteiger partial charge is 0.325 e. The number of amides is 1. The maximum absolute atomic E-state index is 12.2. The molecular weight excluding hydrogens is 266 g/mol. The van der Waals surface area contributed by atoms with E-state index in [0.717, 1.165) is 4.90 Å². The van der Waals surface area contributed by atoms with Gasteiger partial charge < -0.3 is 4.90 Å². The molecule has 1 aromatic carbocycles. The number of nitrogens with zero attached hydrogens (tertiary/aromatic N) is 3. The first-order valence-corrected chi connectivity index (χ1v) is 6.76. The Morgan fingerprint density at radius 2 is 2.26 bits per heavy atom. The summed E-state index contributed by atoms with van der Waals surface area (Å²) in [5.74, 6) is -0.494.